The van der Waals surface area contributed by atoms with Gasteiger partial charge in [-0.05, 0) is 39.2 Å². The number of aryl methyl sites for hydroxylation is 3. The molecule has 4 heterocycles. The first-order chi connectivity index (χ1) is 14.4. The van der Waals surface area contributed by atoms with Crippen molar-refractivity contribution in [2.75, 3.05) is 18.0 Å². The number of rotatable bonds is 5. The van der Waals surface area contributed by atoms with Crippen LogP contribution in [0.1, 0.15) is 58.0 Å². The fourth-order valence-electron chi connectivity index (χ4n) is 3.74. The standard InChI is InChI=1S/C20H24N6O3S/c1-4-13-11(3)22-17(24-13)18(27)23-12-5-7-26(8-6-12)20-25-14-9-10(2)21-15(19(28)29)16(14)30-20/h9,12H,4-8H2,1-3H3,(H,22,24)(H,23,27)(H,28,29). The lowest BCUT2D eigenvalue weighted by Crippen LogP contribution is -2.45. The average molecular weight is 429 g/mol. The number of aromatic nitrogens is 4. The Bertz CT molecular complexity index is 1110. The highest BCUT2D eigenvalue weighted by Gasteiger charge is 2.25. The Kier molecular flexibility index (Phi) is 5.42. The van der Waals surface area contributed by atoms with E-state index in [0.29, 0.717) is 21.7 Å². The number of carboxylic acids is 1. The number of aromatic amines is 1. The number of amides is 1. The number of imidazole rings is 1. The lowest BCUT2D eigenvalue weighted by atomic mass is 10.1. The van der Waals surface area contributed by atoms with Gasteiger partial charge in [-0.25, -0.2) is 19.7 Å². The fourth-order valence-corrected chi connectivity index (χ4v) is 4.82. The van der Waals surface area contributed by atoms with Gasteiger partial charge in [0.2, 0.25) is 0 Å². The molecule has 0 radical (unpaired) electrons. The normalized spacial score (nSPS) is 15.0. The summed E-state index contributed by atoms with van der Waals surface area (Å²) in [4.78, 5) is 42.4. The van der Waals surface area contributed by atoms with Crippen molar-refractivity contribution in [3.8, 4) is 0 Å². The first-order valence-corrected chi connectivity index (χ1v) is 10.8. The number of hydrogen-bond acceptors (Lipinski definition) is 7. The third kappa shape index (κ3) is 3.87. The van der Waals surface area contributed by atoms with Crippen molar-refractivity contribution in [3.05, 3.63) is 34.7 Å². The minimum absolute atomic E-state index is 0.0519. The van der Waals surface area contributed by atoms with Gasteiger partial charge in [0.1, 0.15) is 0 Å². The zero-order valence-corrected chi connectivity index (χ0v) is 18.0. The summed E-state index contributed by atoms with van der Waals surface area (Å²) in [5, 5.41) is 13.3. The minimum atomic E-state index is -1.04. The number of H-pyrrole nitrogens is 1. The van der Waals surface area contributed by atoms with Crippen LogP contribution in [0.15, 0.2) is 6.07 Å². The molecule has 1 saturated heterocycles. The smallest absolute Gasteiger partial charge is 0.356 e. The van der Waals surface area contributed by atoms with Crippen LogP contribution in [0, 0.1) is 13.8 Å². The van der Waals surface area contributed by atoms with Gasteiger partial charge < -0.3 is 20.3 Å². The van der Waals surface area contributed by atoms with Crippen LogP contribution < -0.4 is 10.2 Å². The summed E-state index contributed by atoms with van der Waals surface area (Å²) < 4.78 is 0.596. The number of thiazole rings is 1. The highest BCUT2D eigenvalue weighted by molar-refractivity contribution is 7.22. The third-order valence-electron chi connectivity index (χ3n) is 5.35. The third-order valence-corrected chi connectivity index (χ3v) is 6.49. The largest absolute Gasteiger partial charge is 0.476 e. The van der Waals surface area contributed by atoms with E-state index in [1.54, 1.807) is 6.92 Å². The van der Waals surface area contributed by atoms with E-state index in [-0.39, 0.29) is 17.6 Å². The monoisotopic (exact) mass is 428 g/mol. The SMILES string of the molecule is CCc1[nH]c(C(=O)NC2CCN(c3nc4cc(C)nc(C(=O)O)c4s3)CC2)nc1C. The molecular formula is C20H24N6O3S. The Balaban J connectivity index is 1.42. The van der Waals surface area contributed by atoms with Gasteiger partial charge in [-0.2, -0.15) is 0 Å². The molecule has 4 rings (SSSR count). The van der Waals surface area contributed by atoms with Crippen LogP contribution in [0.3, 0.4) is 0 Å². The number of fused-ring (bicyclic) bond motifs is 1. The first kappa shape index (κ1) is 20.3. The predicted molar refractivity (Wildman–Crippen MR) is 115 cm³/mol. The van der Waals surface area contributed by atoms with Crippen LogP contribution in [-0.4, -0.2) is 56.1 Å². The van der Waals surface area contributed by atoms with Crippen molar-refractivity contribution < 1.29 is 14.7 Å². The predicted octanol–water partition coefficient (Wildman–Crippen LogP) is 2.69. The Labute approximate surface area is 177 Å². The quantitative estimate of drug-likeness (QED) is 0.571. The molecule has 0 aliphatic carbocycles. The molecule has 3 N–H and O–H groups in total. The zero-order valence-electron chi connectivity index (χ0n) is 17.2. The molecule has 9 nitrogen and oxygen atoms in total. The van der Waals surface area contributed by atoms with Crippen molar-refractivity contribution in [3.63, 3.8) is 0 Å². The van der Waals surface area contributed by atoms with Crippen molar-refractivity contribution in [1.82, 2.24) is 25.3 Å². The summed E-state index contributed by atoms with van der Waals surface area (Å²) in [6, 6.07) is 1.88. The van der Waals surface area contributed by atoms with Crippen LogP contribution in [0.4, 0.5) is 5.13 Å². The number of hydrogen-bond donors (Lipinski definition) is 3. The van der Waals surface area contributed by atoms with Gasteiger partial charge in [-0.15, -0.1) is 0 Å². The van der Waals surface area contributed by atoms with E-state index in [2.05, 4.69) is 30.2 Å². The molecule has 10 heteroatoms. The Hall–Kier alpha value is -3.01. The number of carbonyl (C=O) groups excluding carboxylic acids is 1. The maximum Gasteiger partial charge on any atom is 0.356 e. The molecule has 158 valence electrons. The maximum atomic E-state index is 12.5. The molecule has 3 aromatic rings. The topological polar surface area (TPSA) is 124 Å². The summed E-state index contributed by atoms with van der Waals surface area (Å²) in [6.07, 6.45) is 2.38. The van der Waals surface area contributed by atoms with Crippen molar-refractivity contribution >= 4 is 38.6 Å². The fraction of sp³-hybridized carbons (Fsp3) is 0.450. The molecular weight excluding hydrogens is 404 g/mol. The highest BCUT2D eigenvalue weighted by atomic mass is 32.1. The van der Waals surface area contributed by atoms with Crippen LogP contribution in [0.5, 0.6) is 0 Å². The van der Waals surface area contributed by atoms with Crippen LogP contribution in [0.25, 0.3) is 10.2 Å². The summed E-state index contributed by atoms with van der Waals surface area (Å²) in [7, 11) is 0. The summed E-state index contributed by atoms with van der Waals surface area (Å²) in [5.41, 5.74) is 3.19. The highest BCUT2D eigenvalue weighted by Crippen LogP contribution is 2.32. The lowest BCUT2D eigenvalue weighted by Gasteiger charge is -2.31. The first-order valence-electron chi connectivity index (χ1n) is 9.98. The molecule has 3 aromatic heterocycles. The summed E-state index contributed by atoms with van der Waals surface area (Å²) >= 11 is 1.36. The molecule has 0 atom stereocenters. The molecule has 30 heavy (non-hydrogen) atoms. The van der Waals surface area contributed by atoms with Gasteiger partial charge >= 0.3 is 5.97 Å². The minimum Gasteiger partial charge on any atom is -0.476 e. The molecule has 0 aromatic carbocycles. The summed E-state index contributed by atoms with van der Waals surface area (Å²) in [6.45, 7) is 7.16. The molecule has 1 aliphatic heterocycles. The molecule has 1 fully saturated rings. The number of anilines is 1. The number of pyridine rings is 1. The van der Waals surface area contributed by atoms with E-state index in [1.807, 2.05) is 19.9 Å². The number of nitrogens with one attached hydrogen (secondary N) is 2. The second-order valence-corrected chi connectivity index (χ2v) is 8.48. The van der Waals surface area contributed by atoms with Gasteiger partial charge in [0.15, 0.2) is 16.6 Å². The van der Waals surface area contributed by atoms with Crippen LogP contribution in [0.2, 0.25) is 0 Å². The summed E-state index contributed by atoms with van der Waals surface area (Å²) in [5.74, 6) is -0.856. The second kappa shape index (κ2) is 8.02. The number of carboxylic acid groups (broad SMARTS) is 1. The van der Waals surface area contributed by atoms with Crippen LogP contribution >= 0.6 is 11.3 Å². The Morgan fingerprint density at radius 1 is 1.27 bits per heavy atom. The number of piperidine rings is 1. The molecule has 1 amide bonds. The molecule has 0 spiro atoms. The van der Waals surface area contributed by atoms with Crippen LogP contribution in [-0.2, 0) is 6.42 Å². The average Bonchev–Trinajstić information content (AvgIpc) is 3.31. The Morgan fingerprint density at radius 3 is 2.63 bits per heavy atom. The van der Waals surface area contributed by atoms with E-state index in [4.69, 9.17) is 0 Å². The lowest BCUT2D eigenvalue weighted by molar-refractivity contribution is 0.0692. The van der Waals surface area contributed by atoms with Gasteiger partial charge in [-0.1, -0.05) is 18.3 Å². The van der Waals surface area contributed by atoms with E-state index in [1.165, 1.54) is 11.3 Å². The number of nitrogens with zero attached hydrogens (tertiary/aromatic N) is 4. The molecule has 0 unspecified atom stereocenters. The van der Waals surface area contributed by atoms with Crippen molar-refractivity contribution in [2.24, 2.45) is 0 Å². The van der Waals surface area contributed by atoms with Gasteiger partial charge in [0.25, 0.3) is 5.91 Å². The van der Waals surface area contributed by atoms with E-state index >= 15 is 0 Å². The Morgan fingerprint density at radius 2 is 2.00 bits per heavy atom. The maximum absolute atomic E-state index is 12.5. The zero-order chi connectivity index (χ0) is 21.4. The number of carbonyl (C=O) groups is 2. The van der Waals surface area contributed by atoms with E-state index in [0.717, 1.165) is 48.9 Å². The van der Waals surface area contributed by atoms with Gasteiger partial charge in [0.05, 0.1) is 15.9 Å². The van der Waals surface area contributed by atoms with E-state index in [9.17, 15) is 14.7 Å². The van der Waals surface area contributed by atoms with Crippen molar-refractivity contribution in [1.29, 1.82) is 0 Å². The molecule has 0 bridgehead atoms. The van der Waals surface area contributed by atoms with Crippen molar-refractivity contribution in [2.45, 2.75) is 46.1 Å². The van der Waals surface area contributed by atoms with E-state index < -0.39 is 5.97 Å². The number of aromatic carboxylic acids is 1. The van der Waals surface area contributed by atoms with Gasteiger partial charge in [0, 0.05) is 30.5 Å². The van der Waals surface area contributed by atoms with Gasteiger partial charge in [-0.3, -0.25) is 4.79 Å². The second-order valence-electron chi connectivity index (χ2n) is 7.50. The molecule has 1 aliphatic rings. The molecule has 0 saturated carbocycles.